The number of methoxy groups -OCH3 is 2. The fourth-order valence-corrected chi connectivity index (χ4v) is 11.8. The van der Waals surface area contributed by atoms with Crippen LogP contribution in [0.4, 0.5) is 0 Å². The molecule has 2 bridgehead atoms. The van der Waals surface area contributed by atoms with E-state index in [0.29, 0.717) is 62.5 Å². The van der Waals surface area contributed by atoms with E-state index in [1.807, 2.05) is 51.2 Å². The van der Waals surface area contributed by atoms with Crippen molar-refractivity contribution in [2.24, 2.45) is 40.9 Å². The number of carbonyl (C=O) groups is 5. The van der Waals surface area contributed by atoms with Crippen LogP contribution < -0.4 is 0 Å². The highest BCUT2D eigenvalue weighted by Gasteiger charge is 2.53. The molecule has 3 aliphatic heterocycles. The number of ketones is 3. The van der Waals surface area contributed by atoms with Crippen molar-refractivity contribution in [3.05, 3.63) is 59.0 Å². The van der Waals surface area contributed by atoms with Gasteiger partial charge in [0.05, 0.1) is 94.5 Å². The number of aliphatic hydroxyl groups is 3. The van der Waals surface area contributed by atoms with E-state index in [9.17, 15) is 49.8 Å². The average molecular weight is 1180 g/mol. The van der Waals surface area contributed by atoms with Crippen molar-refractivity contribution in [1.82, 2.24) is 4.90 Å². The Bertz CT molecular complexity index is 2330. The van der Waals surface area contributed by atoms with Gasteiger partial charge in [-0.25, -0.2) is 11.4 Å². The van der Waals surface area contributed by atoms with Crippen LogP contribution in [0, 0.1) is 70.2 Å². The summed E-state index contributed by atoms with van der Waals surface area (Å²) < 4.78 is 48.7. The predicted octanol–water partition coefficient (Wildman–Crippen LogP) is 7.33. The van der Waals surface area contributed by atoms with E-state index in [4.69, 9.17) is 44.5 Å². The number of ether oxygens (including phenoxy) is 8. The van der Waals surface area contributed by atoms with Crippen molar-refractivity contribution < 1.29 is 77.2 Å². The lowest BCUT2D eigenvalue weighted by molar-refractivity contribution is -0.266. The van der Waals surface area contributed by atoms with Crippen molar-refractivity contribution >= 4 is 29.2 Å². The number of esters is 1. The van der Waals surface area contributed by atoms with Crippen LogP contribution in [-0.4, -0.2) is 178 Å². The van der Waals surface area contributed by atoms with E-state index in [0.717, 1.165) is 4.90 Å². The second-order valence-corrected chi connectivity index (χ2v) is 24.0. The zero-order valence-electron chi connectivity index (χ0n) is 51.2. The zero-order chi connectivity index (χ0) is 62.0. The summed E-state index contributed by atoms with van der Waals surface area (Å²) in [5.41, 5.74) is 0.0665. The van der Waals surface area contributed by atoms with Crippen LogP contribution in [0.25, 0.3) is 4.85 Å². The molecule has 84 heavy (non-hydrogen) atoms. The van der Waals surface area contributed by atoms with Gasteiger partial charge in [-0.15, -0.1) is 0 Å². The van der Waals surface area contributed by atoms with Gasteiger partial charge in [-0.2, -0.15) is 10.5 Å². The third-order valence-corrected chi connectivity index (χ3v) is 17.1. The summed E-state index contributed by atoms with van der Waals surface area (Å²) in [4.78, 5) is 76.9. The van der Waals surface area contributed by atoms with Gasteiger partial charge in [-0.05, 0) is 107 Å². The molecular weight excluding hydrogens is 1080 g/mol. The molecule has 468 valence electrons. The first-order chi connectivity index (χ1) is 40.1. The van der Waals surface area contributed by atoms with E-state index < -0.39 is 95.2 Å². The first kappa shape index (κ1) is 71.5. The SMILES string of the molecule is [C-]#[N+]CCOCC(COCCC#N)(COCCC#N)COC1C[C@@H]2CC[C@@H](C)[C@@](O)(O2)C(=O)C(=O)N2CCCC[C@H]2C(=O)O[C@H]([C@H](C)C[C@@H]2CC[C@@H](O)[C@H](OC)C2)CC(=O)[C@H](C)/C=C(\C)[C@@H](O)[C@@H](OC)C(=O)[C@H](C)C[C@H](C)/C=C/C=C/C=C/1C. The molecule has 0 radical (unpaired) electrons. The van der Waals surface area contributed by atoms with E-state index >= 15 is 0 Å². The number of aliphatic hydroxyl groups excluding tert-OH is 2. The lowest BCUT2D eigenvalue weighted by Crippen LogP contribution is -2.61. The monoisotopic (exact) mass is 1180 g/mol. The Balaban J connectivity index is 1.79. The fourth-order valence-electron chi connectivity index (χ4n) is 11.8. The fraction of sp³-hybridized carbons (Fsp3) is 0.750. The maximum absolute atomic E-state index is 14.7. The summed E-state index contributed by atoms with van der Waals surface area (Å²) >= 11 is 0. The van der Waals surface area contributed by atoms with E-state index in [-0.39, 0.29) is 127 Å². The Hall–Kier alpha value is -5.02. The molecule has 3 heterocycles. The average Bonchev–Trinajstić information content (AvgIpc) is 3.04. The summed E-state index contributed by atoms with van der Waals surface area (Å²) in [5.74, 6) is -8.91. The molecular formula is C64H96N4O16. The molecule has 20 nitrogen and oxygen atoms in total. The molecule has 1 amide bonds. The number of fused-ring (bicyclic) bond motifs is 3. The largest absolute Gasteiger partial charge is 0.460 e. The molecule has 15 atom stereocenters. The van der Waals surface area contributed by atoms with Crippen molar-refractivity contribution in [2.75, 3.05) is 73.6 Å². The summed E-state index contributed by atoms with van der Waals surface area (Å²) in [6, 6.07) is 2.92. The summed E-state index contributed by atoms with van der Waals surface area (Å²) in [6.45, 7) is 20.2. The first-order valence-corrected chi connectivity index (χ1v) is 30.1. The van der Waals surface area contributed by atoms with Crippen LogP contribution in [0.2, 0.25) is 0 Å². The predicted molar refractivity (Wildman–Crippen MR) is 311 cm³/mol. The number of hydrogen-bond donors (Lipinski definition) is 3. The minimum Gasteiger partial charge on any atom is -0.460 e. The molecule has 0 spiro atoms. The number of nitriles is 2. The quantitative estimate of drug-likeness (QED) is 0.0354. The molecule has 3 fully saturated rings. The third-order valence-electron chi connectivity index (χ3n) is 17.1. The standard InChI is InChI=1S/C64H96N4O16/c1-42-18-12-11-13-19-43(2)54(82-41-63(38-79-29-16-25-65,39-80-30-17-26-66)40-81-31-27-67-8)36-50-23-21-48(7)64(76,84-50)60(73)61(74)68-28-15-14-20-51(68)62(75)83-55(45(4)34-49-22-24-52(69)56(35-49)77-9)37-53(70)44(3)33-47(6)58(72)59(78-10)57(71)46(5)32-42/h11-13,18-19,33,42,44-46,48-52,54-56,58-59,69,72,76H,14-17,20-24,27-32,34-41H2,1-7,9-10H3/b13-11+,18-12+,43-19+,47-33+/t42-,44-,45-,46-,48-,49+,50+,51+,52-,54?,55+,56-,58-,59+,64-/m1/s1. The van der Waals surface area contributed by atoms with Gasteiger partial charge in [0, 0.05) is 51.4 Å². The Morgan fingerprint density at radius 2 is 1.52 bits per heavy atom. The van der Waals surface area contributed by atoms with Crippen molar-refractivity contribution in [3.8, 4) is 12.1 Å². The number of nitrogens with zero attached hydrogens (tertiary/aromatic N) is 4. The first-order valence-electron chi connectivity index (χ1n) is 30.1. The van der Waals surface area contributed by atoms with E-state index in [2.05, 4.69) is 17.0 Å². The van der Waals surface area contributed by atoms with Crippen LogP contribution in [-0.2, 0) is 61.9 Å². The number of carbonyl (C=O) groups excluding carboxylic acids is 5. The molecule has 1 unspecified atom stereocenters. The van der Waals surface area contributed by atoms with Crippen molar-refractivity contribution in [3.63, 3.8) is 0 Å². The van der Waals surface area contributed by atoms with Crippen LogP contribution in [0.3, 0.4) is 0 Å². The molecule has 0 aromatic rings. The summed E-state index contributed by atoms with van der Waals surface area (Å²) in [5, 5.41) is 53.2. The highest BCUT2D eigenvalue weighted by atomic mass is 16.6. The minimum absolute atomic E-state index is 0.0126. The van der Waals surface area contributed by atoms with Gasteiger partial charge in [0.25, 0.3) is 11.7 Å². The molecule has 0 aromatic heterocycles. The summed E-state index contributed by atoms with van der Waals surface area (Å²) in [7, 11) is 2.91. The highest BCUT2D eigenvalue weighted by molar-refractivity contribution is 6.39. The normalized spacial score (nSPS) is 33.8. The number of hydrogen-bond acceptors (Lipinski definition) is 18. The number of cyclic esters (lactones) is 1. The van der Waals surface area contributed by atoms with Gasteiger partial charge < -0.3 is 63.0 Å². The van der Waals surface area contributed by atoms with Gasteiger partial charge in [0.2, 0.25) is 12.3 Å². The number of piperidine rings is 1. The van der Waals surface area contributed by atoms with Crippen LogP contribution in [0.1, 0.15) is 138 Å². The molecule has 3 N–H and O–H groups in total. The van der Waals surface area contributed by atoms with Crippen molar-refractivity contribution in [1.29, 1.82) is 10.5 Å². The number of Topliss-reactive ketones (excluding diaryl/α,β-unsaturated/α-hetero) is 3. The van der Waals surface area contributed by atoms with E-state index in [1.165, 1.54) is 7.11 Å². The Labute approximate surface area is 498 Å². The summed E-state index contributed by atoms with van der Waals surface area (Å²) in [6.07, 6.45) is 9.36. The van der Waals surface area contributed by atoms with Crippen molar-refractivity contribution in [2.45, 2.75) is 193 Å². The topological polar surface area (TPSA) is 275 Å². The maximum atomic E-state index is 14.7. The Kier molecular flexibility index (Phi) is 30.8. The van der Waals surface area contributed by atoms with Gasteiger partial charge in [-0.3, -0.25) is 19.2 Å². The molecule has 1 aliphatic carbocycles. The van der Waals surface area contributed by atoms with Gasteiger partial charge >= 0.3 is 5.97 Å². The Morgan fingerprint density at radius 3 is 2.17 bits per heavy atom. The second kappa shape index (κ2) is 36.2. The second-order valence-electron chi connectivity index (χ2n) is 24.0. The molecule has 4 rings (SSSR count). The minimum atomic E-state index is -2.60. The Morgan fingerprint density at radius 1 is 0.845 bits per heavy atom. The van der Waals surface area contributed by atoms with Gasteiger partial charge in [0.15, 0.2) is 5.78 Å². The van der Waals surface area contributed by atoms with Crippen LogP contribution in [0.5, 0.6) is 0 Å². The van der Waals surface area contributed by atoms with Gasteiger partial charge in [0.1, 0.15) is 36.7 Å². The smallest absolute Gasteiger partial charge is 0.329 e. The van der Waals surface area contributed by atoms with Crippen LogP contribution in [0.15, 0.2) is 47.6 Å². The molecule has 1 saturated carbocycles. The highest BCUT2D eigenvalue weighted by Crippen LogP contribution is 2.38. The van der Waals surface area contributed by atoms with E-state index in [1.54, 1.807) is 40.9 Å². The van der Waals surface area contributed by atoms with Gasteiger partial charge in [-0.1, -0.05) is 71.1 Å². The lowest BCUT2D eigenvalue weighted by atomic mass is 9.78. The zero-order valence-corrected chi connectivity index (χ0v) is 51.2. The maximum Gasteiger partial charge on any atom is 0.329 e. The molecule has 4 aliphatic rings. The molecule has 2 saturated heterocycles. The number of amides is 1. The van der Waals surface area contributed by atoms with Crippen LogP contribution >= 0.6 is 0 Å². The third kappa shape index (κ3) is 21.4. The molecule has 0 aromatic carbocycles. The molecule has 20 heteroatoms. The lowest BCUT2D eigenvalue weighted by Gasteiger charge is -2.43. The number of allylic oxidation sites excluding steroid dienone is 6. The number of rotatable bonds is 20.